The molecule has 0 radical (unpaired) electrons. The van der Waals surface area contributed by atoms with Gasteiger partial charge in [0, 0.05) is 5.41 Å². The van der Waals surface area contributed by atoms with E-state index in [1.165, 1.54) is 12.8 Å². The topological polar surface area (TPSA) is 21.3 Å². The van der Waals surface area contributed by atoms with Crippen molar-refractivity contribution < 1.29 is 4.74 Å². The molecule has 2 heteroatoms. The largest absolute Gasteiger partial charge is 0.380 e. The van der Waals surface area contributed by atoms with E-state index in [0.717, 1.165) is 19.8 Å². The monoisotopic (exact) mass is 143 g/mol. The normalized spacial score (nSPS) is 22.2. The van der Waals surface area contributed by atoms with Crippen LogP contribution in [0, 0.1) is 5.41 Å². The van der Waals surface area contributed by atoms with Crippen LogP contribution in [0.2, 0.25) is 0 Å². The summed E-state index contributed by atoms with van der Waals surface area (Å²) in [5.74, 6) is 0. The maximum atomic E-state index is 5.15. The third-order valence-electron chi connectivity index (χ3n) is 2.11. The Kier molecular flexibility index (Phi) is 2.69. The Labute approximate surface area is 63.0 Å². The maximum Gasteiger partial charge on any atom is 0.0542 e. The molecular formula is C8H17NO. The summed E-state index contributed by atoms with van der Waals surface area (Å²) in [6.45, 7) is 5.37. The Bertz CT molecular complexity index is 99.4. The first-order chi connectivity index (χ1) is 4.77. The van der Waals surface area contributed by atoms with Crippen molar-refractivity contribution in [2.75, 3.05) is 26.8 Å². The summed E-state index contributed by atoms with van der Waals surface area (Å²) in [5, 5.41) is 3.15. The van der Waals surface area contributed by atoms with Gasteiger partial charge >= 0.3 is 0 Å². The van der Waals surface area contributed by atoms with Crippen LogP contribution in [0.15, 0.2) is 0 Å². The minimum Gasteiger partial charge on any atom is -0.380 e. The molecule has 10 heavy (non-hydrogen) atoms. The molecule has 0 bridgehead atoms. The molecule has 1 aliphatic heterocycles. The molecule has 1 N–H and O–H groups in total. The van der Waals surface area contributed by atoms with Crippen LogP contribution in [-0.4, -0.2) is 26.8 Å². The van der Waals surface area contributed by atoms with Crippen LogP contribution < -0.4 is 5.32 Å². The van der Waals surface area contributed by atoms with E-state index in [0.29, 0.717) is 5.41 Å². The zero-order chi connectivity index (χ0) is 7.45. The number of hydrogen-bond acceptors (Lipinski definition) is 2. The van der Waals surface area contributed by atoms with Crippen molar-refractivity contribution in [2.24, 2.45) is 5.41 Å². The minimum atomic E-state index is 0.511. The van der Waals surface area contributed by atoms with Crippen molar-refractivity contribution in [3.8, 4) is 0 Å². The molecule has 0 aromatic carbocycles. The maximum absolute atomic E-state index is 5.15. The number of nitrogens with one attached hydrogen (secondary N) is 1. The third kappa shape index (κ3) is 1.96. The minimum absolute atomic E-state index is 0.511. The van der Waals surface area contributed by atoms with E-state index in [-0.39, 0.29) is 0 Å². The van der Waals surface area contributed by atoms with Crippen molar-refractivity contribution in [1.29, 1.82) is 0 Å². The van der Waals surface area contributed by atoms with Gasteiger partial charge in [-0.15, -0.1) is 0 Å². The Morgan fingerprint density at radius 2 is 2.20 bits per heavy atom. The highest BCUT2D eigenvalue weighted by molar-refractivity contribution is 4.80. The average molecular weight is 143 g/mol. The quantitative estimate of drug-likeness (QED) is 0.593. The number of rotatable bonds is 4. The Hall–Kier alpha value is -0.0800. The lowest BCUT2D eigenvalue weighted by Crippen LogP contribution is -2.39. The standard InChI is InChI=1S/C8H17NO/c1-8(6-10-7-8)4-3-5-9-2/h9H,3-7H2,1-2H3. The molecule has 0 saturated carbocycles. The fraction of sp³-hybridized carbons (Fsp3) is 1.00. The van der Waals surface area contributed by atoms with Gasteiger partial charge in [0.15, 0.2) is 0 Å². The zero-order valence-electron chi connectivity index (χ0n) is 6.94. The summed E-state index contributed by atoms with van der Waals surface area (Å²) in [6, 6.07) is 0. The van der Waals surface area contributed by atoms with Crippen LogP contribution in [0.4, 0.5) is 0 Å². The van der Waals surface area contributed by atoms with Gasteiger partial charge in [0.1, 0.15) is 0 Å². The molecular weight excluding hydrogens is 126 g/mol. The Morgan fingerprint density at radius 1 is 1.50 bits per heavy atom. The summed E-state index contributed by atoms with van der Waals surface area (Å²) in [5.41, 5.74) is 0.511. The molecule has 1 fully saturated rings. The lowest BCUT2D eigenvalue weighted by atomic mass is 9.84. The van der Waals surface area contributed by atoms with Crippen LogP contribution >= 0.6 is 0 Å². The fourth-order valence-corrected chi connectivity index (χ4v) is 1.29. The van der Waals surface area contributed by atoms with Crippen molar-refractivity contribution in [3.05, 3.63) is 0 Å². The smallest absolute Gasteiger partial charge is 0.0542 e. The molecule has 1 heterocycles. The molecule has 1 aliphatic rings. The van der Waals surface area contributed by atoms with Crippen molar-refractivity contribution in [1.82, 2.24) is 5.32 Å². The van der Waals surface area contributed by atoms with E-state index >= 15 is 0 Å². The molecule has 1 rings (SSSR count). The molecule has 0 amide bonds. The fourth-order valence-electron chi connectivity index (χ4n) is 1.29. The summed E-state index contributed by atoms with van der Waals surface area (Å²) in [7, 11) is 2.00. The number of hydrogen-bond donors (Lipinski definition) is 1. The molecule has 0 spiro atoms. The average Bonchev–Trinajstić information content (AvgIpc) is 1.85. The van der Waals surface area contributed by atoms with Crippen molar-refractivity contribution in [3.63, 3.8) is 0 Å². The lowest BCUT2D eigenvalue weighted by Gasteiger charge is -2.38. The van der Waals surface area contributed by atoms with Gasteiger partial charge in [-0.25, -0.2) is 0 Å². The molecule has 0 aromatic rings. The molecule has 0 aliphatic carbocycles. The predicted octanol–water partition coefficient (Wildman–Crippen LogP) is 1.02. The Morgan fingerprint density at radius 3 is 2.60 bits per heavy atom. The van der Waals surface area contributed by atoms with E-state index < -0.39 is 0 Å². The van der Waals surface area contributed by atoms with Gasteiger partial charge in [-0.1, -0.05) is 6.92 Å². The second-order valence-electron chi connectivity index (χ2n) is 3.51. The summed E-state index contributed by atoms with van der Waals surface area (Å²) >= 11 is 0. The Balaban J connectivity index is 2.01. The molecule has 0 unspecified atom stereocenters. The van der Waals surface area contributed by atoms with Crippen molar-refractivity contribution in [2.45, 2.75) is 19.8 Å². The van der Waals surface area contributed by atoms with Crippen LogP contribution in [0.25, 0.3) is 0 Å². The first kappa shape index (κ1) is 8.02. The summed E-state index contributed by atoms with van der Waals surface area (Å²) in [6.07, 6.45) is 2.57. The first-order valence-electron chi connectivity index (χ1n) is 3.99. The van der Waals surface area contributed by atoms with Gasteiger partial charge in [0.25, 0.3) is 0 Å². The van der Waals surface area contributed by atoms with E-state index in [1.54, 1.807) is 0 Å². The molecule has 1 saturated heterocycles. The zero-order valence-corrected chi connectivity index (χ0v) is 6.94. The molecule has 0 atom stereocenters. The van der Waals surface area contributed by atoms with Gasteiger partial charge in [0.2, 0.25) is 0 Å². The lowest BCUT2D eigenvalue weighted by molar-refractivity contribution is -0.106. The van der Waals surface area contributed by atoms with Crippen LogP contribution in [0.1, 0.15) is 19.8 Å². The SMILES string of the molecule is CNCCCC1(C)COC1. The van der Waals surface area contributed by atoms with Crippen LogP contribution in [-0.2, 0) is 4.74 Å². The van der Waals surface area contributed by atoms with Gasteiger partial charge in [0.05, 0.1) is 13.2 Å². The number of ether oxygens (including phenoxy) is 1. The molecule has 60 valence electrons. The van der Waals surface area contributed by atoms with E-state index in [4.69, 9.17) is 4.74 Å². The van der Waals surface area contributed by atoms with E-state index in [9.17, 15) is 0 Å². The summed E-state index contributed by atoms with van der Waals surface area (Å²) in [4.78, 5) is 0. The highest BCUT2D eigenvalue weighted by Crippen LogP contribution is 2.31. The molecule has 2 nitrogen and oxygen atoms in total. The highest BCUT2D eigenvalue weighted by atomic mass is 16.5. The van der Waals surface area contributed by atoms with Gasteiger partial charge in [-0.05, 0) is 26.4 Å². The predicted molar refractivity (Wildman–Crippen MR) is 42.1 cm³/mol. The third-order valence-corrected chi connectivity index (χ3v) is 2.11. The summed E-state index contributed by atoms with van der Waals surface area (Å²) < 4.78 is 5.15. The van der Waals surface area contributed by atoms with Crippen LogP contribution in [0.3, 0.4) is 0 Å². The van der Waals surface area contributed by atoms with Crippen LogP contribution in [0.5, 0.6) is 0 Å². The first-order valence-corrected chi connectivity index (χ1v) is 3.99. The highest BCUT2D eigenvalue weighted by Gasteiger charge is 2.32. The van der Waals surface area contributed by atoms with Gasteiger partial charge in [-0.3, -0.25) is 0 Å². The molecule has 0 aromatic heterocycles. The van der Waals surface area contributed by atoms with E-state index in [1.807, 2.05) is 7.05 Å². The van der Waals surface area contributed by atoms with Crippen molar-refractivity contribution >= 4 is 0 Å². The van der Waals surface area contributed by atoms with Gasteiger partial charge < -0.3 is 10.1 Å². The van der Waals surface area contributed by atoms with E-state index in [2.05, 4.69) is 12.2 Å². The second kappa shape index (κ2) is 3.35. The van der Waals surface area contributed by atoms with Gasteiger partial charge in [-0.2, -0.15) is 0 Å². The second-order valence-corrected chi connectivity index (χ2v) is 3.51.